The van der Waals surface area contributed by atoms with E-state index in [1.165, 1.54) is 10.6 Å². The lowest BCUT2D eigenvalue weighted by Crippen LogP contribution is -2.56. The molecule has 0 saturated carbocycles. The molecule has 0 amide bonds. The van der Waals surface area contributed by atoms with E-state index < -0.39 is 51.2 Å². The van der Waals surface area contributed by atoms with E-state index >= 15 is 0 Å². The summed E-state index contributed by atoms with van der Waals surface area (Å²) in [7, 11) is -5.01. The summed E-state index contributed by atoms with van der Waals surface area (Å²) >= 11 is 0. The molecule has 2 rings (SSSR count). The van der Waals surface area contributed by atoms with Gasteiger partial charge in [-0.3, -0.25) is 0 Å². The van der Waals surface area contributed by atoms with Crippen molar-refractivity contribution in [2.75, 3.05) is 17.7 Å². The molecule has 14 heteroatoms. The Balaban J connectivity index is 2.49. The van der Waals surface area contributed by atoms with Gasteiger partial charge in [0.05, 0.1) is 11.5 Å². The van der Waals surface area contributed by atoms with Crippen LogP contribution in [0, 0.1) is 0 Å². The van der Waals surface area contributed by atoms with Gasteiger partial charge in [0.2, 0.25) is 18.1 Å². The highest BCUT2D eigenvalue weighted by atomic mass is 35.7. The van der Waals surface area contributed by atoms with E-state index in [0.29, 0.717) is 12.1 Å². The van der Waals surface area contributed by atoms with E-state index in [-0.39, 0.29) is 17.5 Å². The van der Waals surface area contributed by atoms with Crippen molar-refractivity contribution in [2.24, 2.45) is 0 Å². The highest BCUT2D eigenvalue weighted by Crippen LogP contribution is 2.39. The van der Waals surface area contributed by atoms with E-state index in [0.717, 1.165) is 6.16 Å². The summed E-state index contributed by atoms with van der Waals surface area (Å²) in [5.74, 6) is -0.447. The average molecular weight is 660 g/mol. The van der Waals surface area contributed by atoms with E-state index in [9.17, 15) is 16.8 Å². The Morgan fingerprint density at radius 1 is 0.676 bits per heavy atom. The van der Waals surface area contributed by atoms with E-state index in [2.05, 4.69) is 43.9 Å². The van der Waals surface area contributed by atoms with Gasteiger partial charge in [-0.2, -0.15) is 0 Å². The molecule has 0 bridgehead atoms. The van der Waals surface area contributed by atoms with Gasteiger partial charge in [0.1, 0.15) is 0 Å². The quantitative estimate of drug-likeness (QED) is 0.137. The van der Waals surface area contributed by atoms with Gasteiger partial charge < -0.3 is 8.23 Å². The van der Waals surface area contributed by atoms with Crippen LogP contribution in [0.2, 0.25) is 50.9 Å². The Morgan fingerprint density at radius 3 is 1.51 bits per heavy atom. The van der Waals surface area contributed by atoms with Crippen LogP contribution in [0.25, 0.3) is 0 Å². The zero-order chi connectivity index (χ0) is 28.0. The first kappa shape index (κ1) is 33.1. The lowest BCUT2D eigenvalue weighted by Gasteiger charge is -2.42. The molecule has 0 saturated heterocycles. The third kappa shape index (κ3) is 13.2. The van der Waals surface area contributed by atoms with Crippen molar-refractivity contribution < 1.29 is 25.1 Å². The minimum absolute atomic E-state index is 0.194. The Hall–Kier alpha value is -0.0794. The predicted molar refractivity (Wildman–Crippen MR) is 166 cm³/mol. The number of hydrogen-bond acceptors (Lipinski definition) is 6. The molecule has 0 N–H and O–H groups in total. The molecule has 208 valence electrons. The zero-order valence-electron chi connectivity index (χ0n) is 22.0. The predicted octanol–water partition coefficient (Wildman–Crippen LogP) is 5.77. The van der Waals surface area contributed by atoms with Gasteiger partial charge in [-0.05, 0) is 69.5 Å². The Labute approximate surface area is 236 Å². The summed E-state index contributed by atoms with van der Waals surface area (Å²) in [5.41, 5.74) is 0. The number of halogens is 2. The van der Waals surface area contributed by atoms with Crippen LogP contribution in [0.3, 0.4) is 0 Å². The number of rotatable bonds is 15. The van der Waals surface area contributed by atoms with Gasteiger partial charge in [-0.1, -0.05) is 60.7 Å². The molecule has 0 fully saturated rings. The normalized spacial score (nSPS) is 15.0. The maximum Gasteiger partial charge on any atom is 0.319 e. The summed E-state index contributed by atoms with van der Waals surface area (Å²) in [6, 6.07) is 21.6. The van der Waals surface area contributed by atoms with Crippen molar-refractivity contribution in [2.45, 2.75) is 50.9 Å². The maximum atomic E-state index is 12.1. The van der Waals surface area contributed by atoms with Crippen molar-refractivity contribution in [3.63, 3.8) is 0 Å². The largest absolute Gasteiger partial charge is 0.436 e. The number of benzene rings is 2. The first-order valence-electron chi connectivity index (χ1n) is 12.0. The third-order valence-corrected chi connectivity index (χ3v) is 22.6. The highest BCUT2D eigenvalue weighted by Gasteiger charge is 2.46. The second kappa shape index (κ2) is 13.5. The van der Waals surface area contributed by atoms with E-state index in [1.807, 2.05) is 49.5 Å². The lowest BCUT2D eigenvalue weighted by molar-refractivity contribution is 0.374. The van der Waals surface area contributed by atoms with Crippen molar-refractivity contribution >= 4 is 83.2 Å². The molecule has 1 unspecified atom stereocenters. The standard InChI is InChI=1S/C23H37Cl2O6PS2Si3/c1-35(2,3)30-37(21-18-34(25,28)29,31-36(4,5)20-17-33(24,26)27)19-16-32(22-12-8-6-9-13-22)23-14-10-7-11-15-23/h6-15H,16-21H2,1-5H3. The molecule has 0 heterocycles. The van der Waals surface area contributed by atoms with Crippen LogP contribution in [0.4, 0.5) is 0 Å². The second-order valence-electron chi connectivity index (χ2n) is 10.5. The molecule has 2 aromatic carbocycles. The van der Waals surface area contributed by atoms with Crippen LogP contribution in [0.15, 0.2) is 60.7 Å². The van der Waals surface area contributed by atoms with Gasteiger partial charge in [-0.25, -0.2) is 16.8 Å². The highest BCUT2D eigenvalue weighted by molar-refractivity contribution is 8.14. The van der Waals surface area contributed by atoms with Crippen molar-refractivity contribution in [3.8, 4) is 0 Å². The fraction of sp³-hybridized carbons (Fsp3) is 0.478. The van der Waals surface area contributed by atoms with Crippen molar-refractivity contribution in [3.05, 3.63) is 60.7 Å². The topological polar surface area (TPSA) is 86.7 Å². The summed E-state index contributed by atoms with van der Waals surface area (Å²) in [6.45, 7) is 10.1. The SMILES string of the molecule is C[Si](C)(C)O[Si](CCP(c1ccccc1)c1ccccc1)(CCS(=O)(=O)Cl)O[Si](C)(C)CCS(=O)(=O)Cl. The van der Waals surface area contributed by atoms with Crippen LogP contribution in [-0.4, -0.2) is 59.7 Å². The maximum absolute atomic E-state index is 12.1. The smallest absolute Gasteiger partial charge is 0.319 e. The van der Waals surface area contributed by atoms with Gasteiger partial charge >= 0.3 is 8.56 Å². The fourth-order valence-electron chi connectivity index (χ4n) is 4.01. The first-order valence-corrected chi connectivity index (χ1v) is 27.3. The average Bonchev–Trinajstić information content (AvgIpc) is 2.76. The van der Waals surface area contributed by atoms with Gasteiger partial charge in [0.15, 0.2) is 16.6 Å². The Bertz CT molecular complexity index is 1170. The van der Waals surface area contributed by atoms with E-state index in [1.54, 1.807) is 0 Å². The molecule has 0 radical (unpaired) electrons. The van der Waals surface area contributed by atoms with Crippen molar-refractivity contribution in [1.82, 2.24) is 0 Å². The van der Waals surface area contributed by atoms with Gasteiger partial charge in [0.25, 0.3) is 0 Å². The number of hydrogen-bond donors (Lipinski definition) is 0. The second-order valence-corrected chi connectivity index (χ2v) is 31.4. The Kier molecular flexibility index (Phi) is 12.1. The van der Waals surface area contributed by atoms with Crippen LogP contribution in [-0.2, 0) is 26.3 Å². The monoisotopic (exact) mass is 658 g/mol. The summed E-state index contributed by atoms with van der Waals surface area (Å²) in [6.07, 6.45) is 0.751. The minimum atomic E-state index is -3.78. The molecular weight excluding hydrogens is 623 g/mol. The van der Waals surface area contributed by atoms with Crippen LogP contribution < -0.4 is 10.6 Å². The van der Waals surface area contributed by atoms with Crippen LogP contribution in [0.1, 0.15) is 0 Å². The molecule has 0 aromatic heterocycles. The summed E-state index contributed by atoms with van der Waals surface area (Å²) in [5, 5.41) is 2.43. The molecule has 0 aliphatic rings. The summed E-state index contributed by atoms with van der Waals surface area (Å²) in [4.78, 5) is 0. The lowest BCUT2D eigenvalue weighted by atomic mass is 10.4. The van der Waals surface area contributed by atoms with Gasteiger partial charge in [-0.15, -0.1) is 0 Å². The van der Waals surface area contributed by atoms with Crippen LogP contribution >= 0.6 is 29.3 Å². The molecule has 37 heavy (non-hydrogen) atoms. The Morgan fingerprint density at radius 2 is 1.11 bits per heavy atom. The zero-order valence-corrected chi connectivity index (χ0v) is 29.0. The molecule has 0 aliphatic carbocycles. The van der Waals surface area contributed by atoms with Gasteiger partial charge in [0, 0.05) is 27.4 Å². The van der Waals surface area contributed by atoms with E-state index in [4.69, 9.17) is 29.6 Å². The van der Waals surface area contributed by atoms with Crippen molar-refractivity contribution in [1.29, 1.82) is 0 Å². The molecule has 0 aliphatic heterocycles. The summed E-state index contributed by atoms with van der Waals surface area (Å²) < 4.78 is 61.1. The van der Waals surface area contributed by atoms with Crippen LogP contribution in [0.5, 0.6) is 0 Å². The molecular formula is C23H37Cl2O6PS2Si3. The first-order chi connectivity index (χ1) is 16.9. The molecule has 0 spiro atoms. The fourth-order valence-corrected chi connectivity index (χ4v) is 26.0. The minimum Gasteiger partial charge on any atom is -0.436 e. The molecule has 2 aromatic rings. The third-order valence-electron chi connectivity index (χ3n) is 5.48. The molecule has 1 atom stereocenters. The molecule has 6 nitrogen and oxygen atoms in total.